The minimum atomic E-state index is -3.51. The fourth-order valence-corrected chi connectivity index (χ4v) is 4.43. The van der Waals surface area contributed by atoms with E-state index in [1.807, 2.05) is 26.0 Å². The van der Waals surface area contributed by atoms with Crippen LogP contribution in [0.2, 0.25) is 0 Å². The van der Waals surface area contributed by atoms with Gasteiger partial charge >= 0.3 is 0 Å². The summed E-state index contributed by atoms with van der Waals surface area (Å²) in [6.45, 7) is 4.82. The summed E-state index contributed by atoms with van der Waals surface area (Å²) < 4.78 is 32.2. The lowest BCUT2D eigenvalue weighted by molar-refractivity contribution is 0.0404. The van der Waals surface area contributed by atoms with Gasteiger partial charge in [-0.3, -0.25) is 0 Å². The maximum Gasteiger partial charge on any atom is 0.243 e. The Morgan fingerprint density at radius 3 is 2.84 bits per heavy atom. The van der Waals surface area contributed by atoms with Crippen LogP contribution in [-0.4, -0.2) is 44.4 Å². The van der Waals surface area contributed by atoms with Gasteiger partial charge in [0.05, 0.1) is 24.2 Å². The molecule has 6 heteroatoms. The molecule has 1 aromatic carbocycles. The summed E-state index contributed by atoms with van der Waals surface area (Å²) >= 11 is 5.85. The third-order valence-corrected chi connectivity index (χ3v) is 5.73. The highest BCUT2D eigenvalue weighted by Gasteiger charge is 2.34. The molecule has 0 spiro atoms. The molecule has 1 aliphatic rings. The van der Waals surface area contributed by atoms with E-state index in [1.165, 1.54) is 4.31 Å². The van der Waals surface area contributed by atoms with Crippen molar-refractivity contribution in [2.75, 3.05) is 25.6 Å². The van der Waals surface area contributed by atoms with E-state index in [2.05, 4.69) is 0 Å². The average Bonchev–Trinajstić information content (AvgIpc) is 2.41. The molecule has 19 heavy (non-hydrogen) atoms. The number of alkyl halides is 1. The van der Waals surface area contributed by atoms with Gasteiger partial charge in [0.2, 0.25) is 10.0 Å². The molecular weight excluding hydrogens is 286 g/mol. The molecule has 0 saturated carbocycles. The van der Waals surface area contributed by atoms with Crippen LogP contribution < -0.4 is 0 Å². The molecule has 1 atom stereocenters. The molecule has 106 valence electrons. The molecule has 0 aliphatic carbocycles. The molecule has 0 radical (unpaired) electrons. The Kier molecular flexibility index (Phi) is 4.50. The largest absolute Gasteiger partial charge is 0.378 e. The van der Waals surface area contributed by atoms with Crippen molar-refractivity contribution in [3.8, 4) is 0 Å². The van der Waals surface area contributed by atoms with E-state index in [9.17, 15) is 8.42 Å². The van der Waals surface area contributed by atoms with Gasteiger partial charge in [-0.15, -0.1) is 11.6 Å². The smallest absolute Gasteiger partial charge is 0.243 e. The summed E-state index contributed by atoms with van der Waals surface area (Å²) in [6, 6.07) is 5.16. The van der Waals surface area contributed by atoms with E-state index in [0.29, 0.717) is 24.7 Å². The maximum absolute atomic E-state index is 12.7. The SMILES string of the molecule is Cc1ccc(C)c(S(=O)(=O)N2CCOCC2CCl)c1. The Balaban J connectivity index is 2.43. The topological polar surface area (TPSA) is 46.6 Å². The molecule has 1 saturated heterocycles. The summed E-state index contributed by atoms with van der Waals surface area (Å²) in [4.78, 5) is 0.365. The molecule has 1 aromatic rings. The van der Waals surface area contributed by atoms with Crippen molar-refractivity contribution in [2.24, 2.45) is 0 Å². The zero-order valence-electron chi connectivity index (χ0n) is 11.1. The van der Waals surface area contributed by atoms with Crippen molar-refractivity contribution in [1.82, 2.24) is 4.31 Å². The van der Waals surface area contributed by atoms with Crippen LogP contribution in [-0.2, 0) is 14.8 Å². The number of rotatable bonds is 3. The zero-order valence-corrected chi connectivity index (χ0v) is 12.7. The Bertz CT molecular complexity index is 559. The summed E-state index contributed by atoms with van der Waals surface area (Å²) in [7, 11) is -3.51. The lowest BCUT2D eigenvalue weighted by Crippen LogP contribution is -2.49. The van der Waals surface area contributed by atoms with Crippen molar-refractivity contribution >= 4 is 21.6 Å². The lowest BCUT2D eigenvalue weighted by atomic mass is 10.2. The first-order valence-electron chi connectivity index (χ1n) is 6.19. The van der Waals surface area contributed by atoms with E-state index in [0.717, 1.165) is 11.1 Å². The van der Waals surface area contributed by atoms with Crippen molar-refractivity contribution in [3.63, 3.8) is 0 Å². The fraction of sp³-hybridized carbons (Fsp3) is 0.538. The van der Waals surface area contributed by atoms with Crippen LogP contribution in [0.25, 0.3) is 0 Å². The second kappa shape index (κ2) is 5.79. The van der Waals surface area contributed by atoms with Crippen molar-refractivity contribution < 1.29 is 13.2 Å². The number of ether oxygens (including phenoxy) is 1. The van der Waals surface area contributed by atoms with E-state index < -0.39 is 10.0 Å². The summed E-state index contributed by atoms with van der Waals surface area (Å²) in [5.41, 5.74) is 1.69. The molecule has 0 N–H and O–H groups in total. The minimum Gasteiger partial charge on any atom is -0.378 e. The number of nitrogens with zero attached hydrogens (tertiary/aromatic N) is 1. The number of benzene rings is 1. The monoisotopic (exact) mass is 303 g/mol. The number of sulfonamides is 1. The van der Waals surface area contributed by atoms with Gasteiger partial charge in [-0.2, -0.15) is 4.31 Å². The molecule has 4 nitrogen and oxygen atoms in total. The predicted molar refractivity (Wildman–Crippen MR) is 75.1 cm³/mol. The minimum absolute atomic E-state index is 0.240. The van der Waals surface area contributed by atoms with Crippen molar-refractivity contribution in [3.05, 3.63) is 29.3 Å². The quantitative estimate of drug-likeness (QED) is 0.802. The third-order valence-electron chi connectivity index (χ3n) is 3.28. The molecule has 1 heterocycles. The summed E-state index contributed by atoms with van der Waals surface area (Å²) in [6.07, 6.45) is 0. The third kappa shape index (κ3) is 2.94. The fourth-order valence-electron chi connectivity index (χ4n) is 2.19. The highest BCUT2D eigenvalue weighted by atomic mass is 35.5. The van der Waals surface area contributed by atoms with Gasteiger partial charge in [0.25, 0.3) is 0 Å². The first-order chi connectivity index (χ1) is 8.96. The number of morpholine rings is 1. The van der Waals surface area contributed by atoms with E-state index >= 15 is 0 Å². The van der Waals surface area contributed by atoms with Gasteiger partial charge in [0, 0.05) is 12.4 Å². The Hall–Kier alpha value is -0.620. The van der Waals surface area contributed by atoms with E-state index in [-0.39, 0.29) is 11.9 Å². The Morgan fingerprint density at radius 1 is 1.42 bits per heavy atom. The summed E-state index contributed by atoms with van der Waals surface area (Å²) in [5.74, 6) is 0.240. The van der Waals surface area contributed by atoms with Gasteiger partial charge in [-0.05, 0) is 31.0 Å². The first kappa shape index (κ1) is 14.8. The number of hydrogen-bond donors (Lipinski definition) is 0. The second-order valence-electron chi connectivity index (χ2n) is 4.77. The molecule has 2 rings (SSSR count). The highest BCUT2D eigenvalue weighted by Crippen LogP contribution is 2.24. The van der Waals surface area contributed by atoms with E-state index in [4.69, 9.17) is 16.3 Å². The van der Waals surface area contributed by atoms with Crippen LogP contribution >= 0.6 is 11.6 Å². The molecule has 0 aromatic heterocycles. The zero-order chi connectivity index (χ0) is 14.0. The normalized spacial score (nSPS) is 21.5. The highest BCUT2D eigenvalue weighted by molar-refractivity contribution is 7.89. The van der Waals surface area contributed by atoms with Crippen LogP contribution in [0.3, 0.4) is 0 Å². The predicted octanol–water partition coefficient (Wildman–Crippen LogP) is 1.93. The van der Waals surface area contributed by atoms with Crippen molar-refractivity contribution in [1.29, 1.82) is 0 Å². The molecule has 1 fully saturated rings. The van der Waals surface area contributed by atoms with Gasteiger partial charge < -0.3 is 4.74 Å². The first-order valence-corrected chi connectivity index (χ1v) is 8.17. The molecule has 1 unspecified atom stereocenters. The second-order valence-corrected chi connectivity index (χ2v) is 6.94. The average molecular weight is 304 g/mol. The van der Waals surface area contributed by atoms with Gasteiger partial charge in [0.15, 0.2) is 0 Å². The van der Waals surface area contributed by atoms with Gasteiger partial charge in [-0.25, -0.2) is 8.42 Å². The Labute approximate surface area is 119 Å². The number of aryl methyl sites for hydroxylation is 2. The molecular formula is C13H18ClNO3S. The molecule has 0 bridgehead atoms. The van der Waals surface area contributed by atoms with Crippen LogP contribution in [0.1, 0.15) is 11.1 Å². The van der Waals surface area contributed by atoms with Crippen LogP contribution in [0.15, 0.2) is 23.1 Å². The van der Waals surface area contributed by atoms with E-state index in [1.54, 1.807) is 6.07 Å². The van der Waals surface area contributed by atoms with Crippen LogP contribution in [0.4, 0.5) is 0 Å². The lowest BCUT2D eigenvalue weighted by Gasteiger charge is -2.33. The number of halogens is 1. The summed E-state index contributed by atoms with van der Waals surface area (Å²) in [5, 5.41) is 0. The molecule has 1 aliphatic heterocycles. The van der Waals surface area contributed by atoms with Gasteiger partial charge in [0.1, 0.15) is 0 Å². The Morgan fingerprint density at radius 2 is 2.16 bits per heavy atom. The van der Waals surface area contributed by atoms with Crippen molar-refractivity contribution in [2.45, 2.75) is 24.8 Å². The standard InChI is InChI=1S/C13H18ClNO3S/c1-10-3-4-11(2)13(7-10)19(16,17)15-5-6-18-9-12(15)8-14/h3-4,7,12H,5-6,8-9H2,1-2H3. The maximum atomic E-state index is 12.7. The number of hydrogen-bond acceptors (Lipinski definition) is 3. The van der Waals surface area contributed by atoms with Crippen LogP contribution in [0, 0.1) is 13.8 Å². The van der Waals surface area contributed by atoms with Gasteiger partial charge in [-0.1, -0.05) is 12.1 Å². The molecule has 0 amide bonds. The van der Waals surface area contributed by atoms with Crippen LogP contribution in [0.5, 0.6) is 0 Å².